The van der Waals surface area contributed by atoms with Crippen LogP contribution in [0.2, 0.25) is 0 Å². The van der Waals surface area contributed by atoms with Crippen molar-refractivity contribution in [2.45, 2.75) is 18.9 Å². The van der Waals surface area contributed by atoms with Crippen LogP contribution in [0.5, 0.6) is 0 Å². The monoisotopic (exact) mass is 402 g/mol. The van der Waals surface area contributed by atoms with E-state index in [4.69, 9.17) is 4.74 Å². The third kappa shape index (κ3) is 6.27. The van der Waals surface area contributed by atoms with Crippen LogP contribution in [0, 0.1) is 4.91 Å². The van der Waals surface area contributed by atoms with Crippen LogP contribution >= 0.6 is 0 Å². The average molecular weight is 402 g/mol. The van der Waals surface area contributed by atoms with Gasteiger partial charge in [-0.1, -0.05) is 96.2 Å². The minimum atomic E-state index is -0.428. The van der Waals surface area contributed by atoms with E-state index in [1.165, 1.54) is 11.1 Å². The Morgan fingerprint density at radius 2 is 1.33 bits per heavy atom. The Balaban J connectivity index is 1.69. The third-order valence-corrected chi connectivity index (χ3v) is 5.02. The topological polar surface area (TPSA) is 59.0 Å². The molecule has 0 saturated heterocycles. The molecule has 3 rings (SSSR count). The Labute approximate surface area is 177 Å². The lowest BCUT2D eigenvalue weighted by Gasteiger charge is -2.25. The van der Waals surface area contributed by atoms with Crippen molar-refractivity contribution < 1.29 is 9.53 Å². The molecule has 30 heavy (non-hydrogen) atoms. The number of ether oxygens (including phenoxy) is 1. The molecule has 0 saturated carbocycles. The van der Waals surface area contributed by atoms with Gasteiger partial charge in [-0.25, -0.2) is 4.79 Å². The normalized spacial score (nSPS) is 10.6. The van der Waals surface area contributed by atoms with Gasteiger partial charge in [-0.05, 0) is 23.1 Å². The molecule has 3 aromatic rings. The SMILES string of the molecule is O=NCCN(CCC(c1ccccc1)c1ccccc1)C(=O)OCc1ccccc1. The second kappa shape index (κ2) is 11.5. The van der Waals surface area contributed by atoms with Gasteiger partial charge in [0.05, 0.1) is 6.54 Å². The van der Waals surface area contributed by atoms with E-state index >= 15 is 0 Å². The van der Waals surface area contributed by atoms with Crippen LogP contribution in [0.15, 0.2) is 96.2 Å². The van der Waals surface area contributed by atoms with E-state index in [1.54, 1.807) is 4.90 Å². The van der Waals surface area contributed by atoms with E-state index in [9.17, 15) is 9.70 Å². The molecule has 0 atom stereocenters. The molecule has 0 aliphatic rings. The van der Waals surface area contributed by atoms with Crippen molar-refractivity contribution >= 4 is 6.09 Å². The summed E-state index contributed by atoms with van der Waals surface area (Å²) in [5.41, 5.74) is 3.30. The zero-order valence-electron chi connectivity index (χ0n) is 16.9. The Bertz CT molecular complexity index is 862. The van der Waals surface area contributed by atoms with Crippen LogP contribution in [0.3, 0.4) is 0 Å². The molecule has 3 aromatic carbocycles. The first-order valence-electron chi connectivity index (χ1n) is 10.1. The van der Waals surface area contributed by atoms with Gasteiger partial charge < -0.3 is 9.64 Å². The van der Waals surface area contributed by atoms with E-state index in [0.717, 1.165) is 5.56 Å². The highest BCUT2D eigenvalue weighted by molar-refractivity contribution is 5.67. The summed E-state index contributed by atoms with van der Waals surface area (Å²) < 4.78 is 5.47. The van der Waals surface area contributed by atoms with Crippen LogP contribution in [0.1, 0.15) is 29.0 Å². The lowest BCUT2D eigenvalue weighted by molar-refractivity contribution is 0.0963. The minimum Gasteiger partial charge on any atom is -0.445 e. The highest BCUT2D eigenvalue weighted by Gasteiger charge is 2.20. The molecule has 5 nitrogen and oxygen atoms in total. The second-order valence-corrected chi connectivity index (χ2v) is 7.04. The van der Waals surface area contributed by atoms with Gasteiger partial charge in [0.2, 0.25) is 0 Å². The van der Waals surface area contributed by atoms with Gasteiger partial charge in [0, 0.05) is 19.0 Å². The fourth-order valence-electron chi connectivity index (χ4n) is 3.45. The fraction of sp³-hybridized carbons (Fsp3) is 0.240. The van der Waals surface area contributed by atoms with E-state index in [2.05, 4.69) is 29.4 Å². The zero-order valence-corrected chi connectivity index (χ0v) is 16.9. The Kier molecular flexibility index (Phi) is 8.15. The van der Waals surface area contributed by atoms with Crippen LogP contribution in [0.4, 0.5) is 4.79 Å². The molecule has 5 heteroatoms. The summed E-state index contributed by atoms with van der Waals surface area (Å²) in [5, 5.41) is 2.92. The summed E-state index contributed by atoms with van der Waals surface area (Å²) in [6.07, 6.45) is 0.287. The molecule has 0 aliphatic carbocycles. The van der Waals surface area contributed by atoms with Gasteiger partial charge in [-0.2, -0.15) is 4.91 Å². The second-order valence-electron chi connectivity index (χ2n) is 7.04. The van der Waals surface area contributed by atoms with Crippen molar-refractivity contribution in [3.8, 4) is 0 Å². The first-order valence-corrected chi connectivity index (χ1v) is 10.1. The van der Waals surface area contributed by atoms with E-state index in [1.807, 2.05) is 66.7 Å². The standard InChI is InChI=1S/C25H26N2O3/c28-25(30-20-21-10-4-1-5-11-21)27(19-17-26-29)18-16-24(22-12-6-2-7-13-22)23-14-8-3-9-15-23/h1-15,24H,16-20H2. The predicted molar refractivity (Wildman–Crippen MR) is 118 cm³/mol. The van der Waals surface area contributed by atoms with Crippen molar-refractivity contribution in [3.05, 3.63) is 113 Å². The molecule has 0 bridgehead atoms. The van der Waals surface area contributed by atoms with Gasteiger partial charge >= 0.3 is 6.09 Å². The lowest BCUT2D eigenvalue weighted by Crippen LogP contribution is -2.35. The van der Waals surface area contributed by atoms with Gasteiger partial charge in [-0.3, -0.25) is 0 Å². The Morgan fingerprint density at radius 3 is 1.87 bits per heavy atom. The number of carbonyl (C=O) groups excluding carboxylic acids is 1. The molecule has 0 aromatic heterocycles. The molecule has 0 radical (unpaired) electrons. The quantitative estimate of drug-likeness (QED) is 0.414. The first kappa shape index (κ1) is 21.2. The maximum atomic E-state index is 12.7. The van der Waals surface area contributed by atoms with E-state index < -0.39 is 6.09 Å². The molecule has 0 N–H and O–H groups in total. The summed E-state index contributed by atoms with van der Waals surface area (Å²) in [5.74, 6) is 0.140. The minimum absolute atomic E-state index is 0.0434. The van der Waals surface area contributed by atoms with Gasteiger partial charge in [-0.15, -0.1) is 0 Å². The number of hydrogen-bond donors (Lipinski definition) is 0. The van der Waals surface area contributed by atoms with Crippen LogP contribution in [-0.4, -0.2) is 30.6 Å². The van der Waals surface area contributed by atoms with Crippen molar-refractivity contribution in [3.63, 3.8) is 0 Å². The third-order valence-electron chi connectivity index (χ3n) is 5.02. The molecule has 0 unspecified atom stereocenters. The average Bonchev–Trinajstić information content (AvgIpc) is 2.81. The molecule has 0 aliphatic heterocycles. The molecule has 154 valence electrons. The highest BCUT2D eigenvalue weighted by Crippen LogP contribution is 2.28. The molecule has 0 fully saturated rings. The van der Waals surface area contributed by atoms with Gasteiger partial charge in [0.25, 0.3) is 0 Å². The lowest BCUT2D eigenvalue weighted by atomic mass is 9.88. The molecular formula is C25H26N2O3. The molecule has 0 heterocycles. The predicted octanol–water partition coefficient (Wildman–Crippen LogP) is 5.61. The Hall–Kier alpha value is -3.47. The fourth-order valence-corrected chi connectivity index (χ4v) is 3.45. The summed E-state index contributed by atoms with van der Waals surface area (Å²) in [6, 6.07) is 30.0. The maximum absolute atomic E-state index is 12.7. The smallest absolute Gasteiger partial charge is 0.410 e. The van der Waals surface area contributed by atoms with Crippen molar-refractivity contribution in [1.82, 2.24) is 4.90 Å². The highest BCUT2D eigenvalue weighted by atomic mass is 16.6. The summed E-state index contributed by atoms with van der Waals surface area (Å²) in [7, 11) is 0. The summed E-state index contributed by atoms with van der Waals surface area (Å²) in [6.45, 7) is 0.957. The Morgan fingerprint density at radius 1 is 0.800 bits per heavy atom. The first-order chi connectivity index (χ1) is 14.8. The van der Waals surface area contributed by atoms with Gasteiger partial charge in [0.1, 0.15) is 6.61 Å². The number of nitroso groups, excluding NO2 is 1. The largest absolute Gasteiger partial charge is 0.445 e. The van der Waals surface area contributed by atoms with Gasteiger partial charge in [0.15, 0.2) is 0 Å². The summed E-state index contributed by atoms with van der Waals surface area (Å²) >= 11 is 0. The number of amides is 1. The summed E-state index contributed by atoms with van der Waals surface area (Å²) in [4.78, 5) is 24.9. The van der Waals surface area contributed by atoms with Crippen LogP contribution in [0.25, 0.3) is 0 Å². The molecule has 1 amide bonds. The zero-order chi connectivity index (χ0) is 21.0. The maximum Gasteiger partial charge on any atom is 0.410 e. The van der Waals surface area contributed by atoms with E-state index in [0.29, 0.717) is 13.0 Å². The van der Waals surface area contributed by atoms with Crippen molar-refractivity contribution in [2.75, 3.05) is 19.6 Å². The van der Waals surface area contributed by atoms with Crippen LogP contribution < -0.4 is 0 Å². The van der Waals surface area contributed by atoms with E-state index in [-0.39, 0.29) is 25.6 Å². The number of benzene rings is 3. The number of hydrogen-bond acceptors (Lipinski definition) is 4. The van der Waals surface area contributed by atoms with Crippen molar-refractivity contribution in [1.29, 1.82) is 0 Å². The van der Waals surface area contributed by atoms with Crippen LogP contribution in [-0.2, 0) is 11.3 Å². The number of carbonyl (C=O) groups is 1. The van der Waals surface area contributed by atoms with Crippen molar-refractivity contribution in [2.24, 2.45) is 5.18 Å². The number of nitrogens with zero attached hydrogens (tertiary/aromatic N) is 2. The molecular weight excluding hydrogens is 376 g/mol. The number of rotatable bonds is 10. The molecule has 0 spiro atoms.